The Morgan fingerprint density at radius 3 is 2.81 bits per heavy atom. The standard InChI is InChI=1S/C10H13N3O3/c14-9(15)7-13-10(16)12-5-3-8-2-1-4-11-6-8/h1-2,4,6H,3,5,7H2,(H,14,15)(H2,12,13,16). The minimum absolute atomic E-state index is 0.376. The van der Waals surface area contributed by atoms with Crippen LogP contribution in [0.25, 0.3) is 0 Å². The van der Waals surface area contributed by atoms with Crippen LogP contribution >= 0.6 is 0 Å². The minimum atomic E-state index is -1.07. The number of amides is 2. The third-order valence-corrected chi connectivity index (χ3v) is 1.82. The second-order valence-corrected chi connectivity index (χ2v) is 3.11. The first-order valence-electron chi connectivity index (χ1n) is 4.81. The lowest BCUT2D eigenvalue weighted by molar-refractivity contribution is -0.135. The number of carboxylic acids is 1. The molecule has 0 aromatic carbocycles. The summed E-state index contributed by atoms with van der Waals surface area (Å²) in [6.07, 6.45) is 4.06. The van der Waals surface area contributed by atoms with Crippen LogP contribution in [0, 0.1) is 0 Å². The number of rotatable bonds is 5. The van der Waals surface area contributed by atoms with Crippen molar-refractivity contribution < 1.29 is 14.7 Å². The van der Waals surface area contributed by atoms with Crippen LogP contribution in [0.1, 0.15) is 5.56 Å². The van der Waals surface area contributed by atoms with Crippen LogP contribution in [0.2, 0.25) is 0 Å². The van der Waals surface area contributed by atoms with Crippen molar-refractivity contribution in [3.8, 4) is 0 Å². The second kappa shape index (κ2) is 6.39. The van der Waals surface area contributed by atoms with E-state index in [-0.39, 0.29) is 6.54 Å². The molecule has 0 aliphatic heterocycles. The number of hydrogen-bond donors (Lipinski definition) is 3. The quantitative estimate of drug-likeness (QED) is 0.655. The summed E-state index contributed by atoms with van der Waals surface area (Å²) in [6, 6.07) is 3.25. The molecular formula is C10H13N3O3. The van der Waals surface area contributed by atoms with Crippen molar-refractivity contribution in [2.45, 2.75) is 6.42 Å². The molecule has 16 heavy (non-hydrogen) atoms. The molecule has 1 heterocycles. The van der Waals surface area contributed by atoms with E-state index in [1.54, 1.807) is 12.4 Å². The number of carbonyl (C=O) groups is 2. The lowest BCUT2D eigenvalue weighted by Gasteiger charge is -2.05. The van der Waals surface area contributed by atoms with Crippen molar-refractivity contribution in [1.29, 1.82) is 0 Å². The smallest absolute Gasteiger partial charge is 0.323 e. The second-order valence-electron chi connectivity index (χ2n) is 3.11. The normalized spacial score (nSPS) is 9.50. The van der Waals surface area contributed by atoms with Gasteiger partial charge >= 0.3 is 12.0 Å². The fraction of sp³-hybridized carbons (Fsp3) is 0.300. The van der Waals surface area contributed by atoms with Crippen molar-refractivity contribution in [2.24, 2.45) is 0 Å². The lowest BCUT2D eigenvalue weighted by Crippen LogP contribution is -2.39. The van der Waals surface area contributed by atoms with Crippen molar-refractivity contribution in [2.75, 3.05) is 13.1 Å². The zero-order chi connectivity index (χ0) is 11.8. The molecule has 2 amide bonds. The van der Waals surface area contributed by atoms with Crippen LogP contribution < -0.4 is 10.6 Å². The van der Waals surface area contributed by atoms with E-state index in [0.29, 0.717) is 13.0 Å². The van der Waals surface area contributed by atoms with Gasteiger partial charge in [0.25, 0.3) is 0 Å². The number of carboxylic acid groups (broad SMARTS) is 1. The van der Waals surface area contributed by atoms with Crippen LogP contribution in [0.15, 0.2) is 24.5 Å². The zero-order valence-electron chi connectivity index (χ0n) is 8.64. The number of hydrogen-bond acceptors (Lipinski definition) is 3. The zero-order valence-corrected chi connectivity index (χ0v) is 8.64. The third kappa shape index (κ3) is 4.94. The molecule has 0 aliphatic rings. The van der Waals surface area contributed by atoms with Crippen LogP contribution in [0.5, 0.6) is 0 Å². The van der Waals surface area contributed by atoms with Gasteiger partial charge in [-0.05, 0) is 18.1 Å². The Morgan fingerprint density at radius 2 is 2.19 bits per heavy atom. The van der Waals surface area contributed by atoms with Crippen LogP contribution in [0.4, 0.5) is 4.79 Å². The van der Waals surface area contributed by atoms with E-state index in [0.717, 1.165) is 5.56 Å². The van der Waals surface area contributed by atoms with Crippen LogP contribution in [-0.2, 0) is 11.2 Å². The Hall–Kier alpha value is -2.11. The van der Waals surface area contributed by atoms with E-state index in [1.807, 2.05) is 12.1 Å². The monoisotopic (exact) mass is 223 g/mol. The molecule has 0 radical (unpaired) electrons. The Balaban J connectivity index is 2.16. The lowest BCUT2D eigenvalue weighted by atomic mass is 10.2. The molecule has 0 bridgehead atoms. The summed E-state index contributed by atoms with van der Waals surface area (Å²) in [5.41, 5.74) is 1.01. The number of aromatic nitrogens is 1. The maximum atomic E-state index is 11.0. The highest BCUT2D eigenvalue weighted by Crippen LogP contribution is 1.94. The van der Waals surface area contributed by atoms with Crippen molar-refractivity contribution in [3.05, 3.63) is 30.1 Å². The summed E-state index contributed by atoms with van der Waals surface area (Å²) in [4.78, 5) is 25.1. The van der Waals surface area contributed by atoms with Gasteiger partial charge in [0.1, 0.15) is 6.54 Å². The predicted molar refractivity (Wildman–Crippen MR) is 57.0 cm³/mol. The topological polar surface area (TPSA) is 91.3 Å². The fourth-order valence-electron chi connectivity index (χ4n) is 1.08. The van der Waals surface area contributed by atoms with E-state index >= 15 is 0 Å². The number of carbonyl (C=O) groups excluding carboxylic acids is 1. The largest absolute Gasteiger partial charge is 0.480 e. The highest BCUT2D eigenvalue weighted by molar-refractivity contribution is 5.79. The number of urea groups is 1. The Kier molecular flexibility index (Phi) is 4.78. The molecule has 1 aromatic rings. The summed E-state index contributed by atoms with van der Waals surface area (Å²) in [6.45, 7) is 0.0653. The van der Waals surface area contributed by atoms with Gasteiger partial charge in [-0.2, -0.15) is 0 Å². The number of pyridine rings is 1. The summed E-state index contributed by atoms with van der Waals surface area (Å²) < 4.78 is 0. The van der Waals surface area contributed by atoms with Crippen molar-refractivity contribution in [1.82, 2.24) is 15.6 Å². The molecule has 3 N–H and O–H groups in total. The van der Waals surface area contributed by atoms with Gasteiger partial charge in [0, 0.05) is 18.9 Å². The highest BCUT2D eigenvalue weighted by Gasteiger charge is 2.01. The maximum Gasteiger partial charge on any atom is 0.323 e. The predicted octanol–water partition coefficient (Wildman–Crippen LogP) is 0.00790. The van der Waals surface area contributed by atoms with E-state index in [1.165, 1.54) is 0 Å². The van der Waals surface area contributed by atoms with Gasteiger partial charge in [0.05, 0.1) is 0 Å². The first kappa shape index (κ1) is 12.0. The van der Waals surface area contributed by atoms with E-state index in [9.17, 15) is 9.59 Å². The Labute approximate surface area is 92.7 Å². The highest BCUT2D eigenvalue weighted by atomic mass is 16.4. The molecule has 0 saturated heterocycles. The fourth-order valence-corrected chi connectivity index (χ4v) is 1.08. The third-order valence-electron chi connectivity index (χ3n) is 1.82. The van der Waals surface area contributed by atoms with Crippen LogP contribution in [-0.4, -0.2) is 35.2 Å². The molecule has 0 fully saturated rings. The molecule has 1 aromatic heterocycles. The first-order valence-corrected chi connectivity index (χ1v) is 4.81. The van der Waals surface area contributed by atoms with Gasteiger partial charge < -0.3 is 15.7 Å². The summed E-state index contributed by atoms with van der Waals surface area (Å²) in [5.74, 6) is -1.07. The average Bonchev–Trinajstić information content (AvgIpc) is 2.28. The molecular weight excluding hydrogens is 210 g/mol. The maximum absolute atomic E-state index is 11.0. The van der Waals surface area contributed by atoms with Gasteiger partial charge in [-0.25, -0.2) is 4.79 Å². The van der Waals surface area contributed by atoms with Gasteiger partial charge in [0.2, 0.25) is 0 Å². The van der Waals surface area contributed by atoms with E-state index < -0.39 is 12.0 Å². The molecule has 0 spiro atoms. The Bertz CT molecular complexity index is 354. The minimum Gasteiger partial charge on any atom is -0.480 e. The van der Waals surface area contributed by atoms with Gasteiger partial charge in [0.15, 0.2) is 0 Å². The summed E-state index contributed by atoms with van der Waals surface area (Å²) in [7, 11) is 0. The number of aliphatic carboxylic acids is 1. The van der Waals surface area contributed by atoms with Crippen molar-refractivity contribution in [3.63, 3.8) is 0 Å². The molecule has 0 aliphatic carbocycles. The molecule has 0 atom stereocenters. The van der Waals surface area contributed by atoms with Crippen LogP contribution in [0.3, 0.4) is 0 Å². The van der Waals surface area contributed by atoms with Gasteiger partial charge in [-0.3, -0.25) is 9.78 Å². The molecule has 0 saturated carbocycles. The molecule has 1 rings (SSSR count). The summed E-state index contributed by atoms with van der Waals surface area (Å²) >= 11 is 0. The molecule has 6 heteroatoms. The molecule has 0 unspecified atom stereocenters. The molecule has 86 valence electrons. The first-order chi connectivity index (χ1) is 7.68. The van der Waals surface area contributed by atoms with Gasteiger partial charge in [-0.1, -0.05) is 6.07 Å². The summed E-state index contributed by atoms with van der Waals surface area (Å²) in [5, 5.41) is 13.1. The van der Waals surface area contributed by atoms with E-state index in [4.69, 9.17) is 5.11 Å². The van der Waals surface area contributed by atoms with Crippen molar-refractivity contribution >= 4 is 12.0 Å². The average molecular weight is 223 g/mol. The number of nitrogens with zero attached hydrogens (tertiary/aromatic N) is 1. The molecule has 6 nitrogen and oxygen atoms in total. The van der Waals surface area contributed by atoms with Gasteiger partial charge in [-0.15, -0.1) is 0 Å². The van der Waals surface area contributed by atoms with E-state index in [2.05, 4.69) is 15.6 Å². The Morgan fingerprint density at radius 1 is 1.38 bits per heavy atom. The number of nitrogens with one attached hydrogen (secondary N) is 2. The SMILES string of the molecule is O=C(O)CNC(=O)NCCc1cccnc1.